The monoisotopic (exact) mass is 387 g/mol. The van der Waals surface area contributed by atoms with E-state index in [0.29, 0.717) is 11.8 Å². The van der Waals surface area contributed by atoms with Gasteiger partial charge >= 0.3 is 6.18 Å². The van der Waals surface area contributed by atoms with E-state index in [1.54, 1.807) is 20.8 Å². The Kier molecular flexibility index (Phi) is 5.84. The number of rotatable bonds is 7. The summed E-state index contributed by atoms with van der Waals surface area (Å²) in [7, 11) is 1.53. The van der Waals surface area contributed by atoms with Gasteiger partial charge in [-0.05, 0) is 25.8 Å². The van der Waals surface area contributed by atoms with Crippen LogP contribution in [0, 0.1) is 5.41 Å². The zero-order valence-corrected chi connectivity index (χ0v) is 15.7. The summed E-state index contributed by atoms with van der Waals surface area (Å²) in [5, 5.41) is 5.39. The van der Waals surface area contributed by atoms with Gasteiger partial charge in [-0.2, -0.15) is 13.2 Å². The molecular weight excluding hydrogens is 363 g/mol. The smallest absolute Gasteiger partial charge is 0.422 e. The third kappa shape index (κ3) is 4.97. The van der Waals surface area contributed by atoms with E-state index in [9.17, 15) is 22.8 Å². The highest BCUT2D eigenvalue weighted by atomic mass is 19.4. The van der Waals surface area contributed by atoms with E-state index in [4.69, 9.17) is 4.74 Å². The Hall–Kier alpha value is -2.16. The lowest BCUT2D eigenvalue weighted by Crippen LogP contribution is -2.66. The normalized spacial score (nSPS) is 17.1. The Morgan fingerprint density at radius 1 is 1.33 bits per heavy atom. The maximum atomic E-state index is 12.6. The molecule has 1 amide bonds. The molecule has 1 aliphatic carbocycles. The molecule has 1 aliphatic rings. The number of alkyl halides is 3. The predicted molar refractivity (Wildman–Crippen MR) is 92.5 cm³/mol. The number of carbonyl (C=O) groups excluding carboxylic acids is 2. The number of halogens is 3. The van der Waals surface area contributed by atoms with E-state index in [2.05, 4.69) is 15.6 Å². The lowest BCUT2D eigenvalue weighted by molar-refractivity contribution is -0.153. The van der Waals surface area contributed by atoms with Crippen LogP contribution < -0.4 is 15.4 Å². The third-order valence-corrected chi connectivity index (χ3v) is 4.60. The quantitative estimate of drug-likeness (QED) is 0.556. The number of carbonyl (C=O) groups is 2. The van der Waals surface area contributed by atoms with Crippen molar-refractivity contribution >= 4 is 12.2 Å². The van der Waals surface area contributed by atoms with Crippen molar-refractivity contribution in [3.05, 3.63) is 23.5 Å². The van der Waals surface area contributed by atoms with Gasteiger partial charge in [-0.25, -0.2) is 0 Å². The van der Waals surface area contributed by atoms with Crippen LogP contribution in [0.5, 0.6) is 5.75 Å². The molecule has 1 saturated carbocycles. The van der Waals surface area contributed by atoms with E-state index in [1.165, 1.54) is 19.3 Å². The molecule has 1 heterocycles. The first kappa shape index (κ1) is 21.1. The lowest BCUT2D eigenvalue weighted by Gasteiger charge is -2.40. The average molecular weight is 387 g/mol. The second-order valence-corrected chi connectivity index (χ2v) is 7.67. The standard InChI is InChI=1S/C18H24F3N3O3/c1-16(2,3)17(9-25,22-4)24-15(26)13-7-14(27-10-18(19,20)21)12(8-23-13)11-5-6-11/h7-9,11,22H,5-6,10H2,1-4H3,(H,24,26)/t17-/m1/s1. The minimum atomic E-state index is -4.49. The second-order valence-electron chi connectivity index (χ2n) is 7.67. The zero-order chi connectivity index (χ0) is 20.5. The molecule has 27 heavy (non-hydrogen) atoms. The first-order valence-electron chi connectivity index (χ1n) is 8.59. The van der Waals surface area contributed by atoms with Crippen molar-refractivity contribution in [2.75, 3.05) is 13.7 Å². The van der Waals surface area contributed by atoms with Gasteiger partial charge in [0.05, 0.1) is 0 Å². The SMILES string of the molecule is CN[C@](C=O)(NC(=O)c1cc(OCC(F)(F)F)c(C2CC2)cn1)C(C)(C)C. The molecule has 1 atom stereocenters. The van der Waals surface area contributed by atoms with Crippen molar-refractivity contribution in [3.8, 4) is 5.75 Å². The summed E-state index contributed by atoms with van der Waals surface area (Å²) in [5.74, 6) is -0.601. The van der Waals surface area contributed by atoms with Crippen molar-refractivity contribution in [1.82, 2.24) is 15.6 Å². The van der Waals surface area contributed by atoms with Gasteiger partial charge in [0.2, 0.25) is 0 Å². The van der Waals surface area contributed by atoms with Crippen LogP contribution in [0.3, 0.4) is 0 Å². The molecule has 0 aliphatic heterocycles. The Bertz CT molecular complexity index is 712. The highest BCUT2D eigenvalue weighted by Crippen LogP contribution is 2.44. The van der Waals surface area contributed by atoms with Crippen LogP contribution in [-0.2, 0) is 4.79 Å². The number of ether oxygens (including phenoxy) is 1. The van der Waals surface area contributed by atoms with Gasteiger partial charge in [-0.3, -0.25) is 19.9 Å². The number of aromatic nitrogens is 1. The van der Waals surface area contributed by atoms with Crippen LogP contribution in [0.25, 0.3) is 0 Å². The van der Waals surface area contributed by atoms with E-state index >= 15 is 0 Å². The minimum Gasteiger partial charge on any atom is -0.484 e. The summed E-state index contributed by atoms with van der Waals surface area (Å²) in [4.78, 5) is 28.3. The molecule has 0 radical (unpaired) electrons. The first-order valence-corrected chi connectivity index (χ1v) is 8.59. The molecule has 9 heteroatoms. The van der Waals surface area contributed by atoms with E-state index in [1.807, 2.05) is 0 Å². The number of likely N-dealkylation sites (N-methyl/N-ethyl adjacent to an activating group) is 1. The van der Waals surface area contributed by atoms with Gasteiger partial charge in [-0.15, -0.1) is 0 Å². The third-order valence-electron chi connectivity index (χ3n) is 4.60. The number of amides is 1. The van der Waals surface area contributed by atoms with Crippen molar-refractivity contribution < 1.29 is 27.5 Å². The van der Waals surface area contributed by atoms with Crippen LogP contribution in [-0.4, -0.2) is 42.7 Å². The molecule has 0 bridgehead atoms. The summed E-state index contributed by atoms with van der Waals surface area (Å²) < 4.78 is 42.5. The van der Waals surface area contributed by atoms with Gasteiger partial charge in [0, 0.05) is 23.2 Å². The van der Waals surface area contributed by atoms with Gasteiger partial charge in [0.25, 0.3) is 5.91 Å². The Morgan fingerprint density at radius 3 is 2.41 bits per heavy atom. The fourth-order valence-electron chi connectivity index (χ4n) is 2.69. The summed E-state index contributed by atoms with van der Waals surface area (Å²) in [6.45, 7) is 3.84. The predicted octanol–water partition coefficient (Wildman–Crippen LogP) is 2.79. The van der Waals surface area contributed by atoms with Crippen molar-refractivity contribution in [2.45, 2.75) is 51.4 Å². The average Bonchev–Trinajstić information content (AvgIpc) is 3.40. The highest BCUT2D eigenvalue weighted by molar-refractivity contribution is 5.95. The van der Waals surface area contributed by atoms with Gasteiger partial charge in [0.15, 0.2) is 18.6 Å². The largest absolute Gasteiger partial charge is 0.484 e. The summed E-state index contributed by atoms with van der Waals surface area (Å²) >= 11 is 0. The topological polar surface area (TPSA) is 80.3 Å². The molecule has 1 fully saturated rings. The maximum Gasteiger partial charge on any atom is 0.422 e. The van der Waals surface area contributed by atoms with Gasteiger partial charge in [0.1, 0.15) is 11.4 Å². The number of hydrogen-bond donors (Lipinski definition) is 2. The van der Waals surface area contributed by atoms with Crippen LogP contribution in [0.2, 0.25) is 0 Å². The number of nitrogens with zero attached hydrogens (tertiary/aromatic N) is 1. The molecule has 0 spiro atoms. The molecule has 2 rings (SSSR count). The molecule has 1 aromatic heterocycles. The Morgan fingerprint density at radius 2 is 1.96 bits per heavy atom. The number of nitrogens with one attached hydrogen (secondary N) is 2. The van der Waals surface area contributed by atoms with Crippen LogP contribution in [0.15, 0.2) is 12.3 Å². The van der Waals surface area contributed by atoms with Gasteiger partial charge in [-0.1, -0.05) is 20.8 Å². The lowest BCUT2D eigenvalue weighted by atomic mass is 9.81. The highest BCUT2D eigenvalue weighted by Gasteiger charge is 2.42. The van der Waals surface area contributed by atoms with Crippen molar-refractivity contribution in [2.24, 2.45) is 5.41 Å². The summed E-state index contributed by atoms with van der Waals surface area (Å²) in [5.41, 5.74) is -1.60. The Balaban J connectivity index is 2.29. The molecule has 0 unspecified atom stereocenters. The van der Waals surface area contributed by atoms with E-state index < -0.39 is 29.8 Å². The minimum absolute atomic E-state index is 0.00751. The molecular formula is C18H24F3N3O3. The van der Waals surface area contributed by atoms with Crippen molar-refractivity contribution in [3.63, 3.8) is 0 Å². The Labute approximate surface area is 155 Å². The maximum absolute atomic E-state index is 12.6. The zero-order valence-electron chi connectivity index (χ0n) is 15.7. The van der Waals surface area contributed by atoms with Gasteiger partial charge < -0.3 is 10.1 Å². The molecule has 1 aromatic rings. The summed E-state index contributed by atoms with van der Waals surface area (Å²) in [6.07, 6.45) is -0.847. The number of pyridine rings is 1. The van der Waals surface area contributed by atoms with Crippen LogP contribution in [0.1, 0.15) is 55.6 Å². The van der Waals surface area contributed by atoms with Crippen molar-refractivity contribution in [1.29, 1.82) is 0 Å². The molecule has 0 saturated heterocycles. The number of aldehydes is 1. The first-order chi connectivity index (χ1) is 12.4. The second kappa shape index (κ2) is 7.46. The van der Waals surface area contributed by atoms with E-state index in [-0.39, 0.29) is 17.4 Å². The fourth-order valence-corrected chi connectivity index (χ4v) is 2.69. The van der Waals surface area contributed by atoms with E-state index in [0.717, 1.165) is 12.8 Å². The molecule has 150 valence electrons. The molecule has 2 N–H and O–H groups in total. The van der Waals surface area contributed by atoms with Crippen LogP contribution >= 0.6 is 0 Å². The number of hydrogen-bond acceptors (Lipinski definition) is 5. The molecule has 6 nitrogen and oxygen atoms in total. The van der Waals surface area contributed by atoms with Crippen LogP contribution in [0.4, 0.5) is 13.2 Å². The fraction of sp³-hybridized carbons (Fsp3) is 0.611. The molecule has 0 aromatic carbocycles. The summed E-state index contributed by atoms with van der Waals surface area (Å²) in [6, 6.07) is 1.20.